The lowest BCUT2D eigenvalue weighted by Gasteiger charge is -2.31. The maximum atomic E-state index is 9.20. The van der Waals surface area contributed by atoms with Gasteiger partial charge in [-0.2, -0.15) is 5.26 Å². The van der Waals surface area contributed by atoms with Crippen molar-refractivity contribution in [1.82, 2.24) is 14.9 Å². The number of ether oxygens (including phenoxy) is 2. The van der Waals surface area contributed by atoms with Gasteiger partial charge in [0.1, 0.15) is 12.7 Å². The number of pyridine rings is 1. The quantitative estimate of drug-likeness (QED) is 0.438. The van der Waals surface area contributed by atoms with Crippen molar-refractivity contribution in [2.24, 2.45) is 0 Å². The number of H-pyrrole nitrogens is 1. The molecule has 1 N–H and O–H groups in total. The number of nitrogens with zero attached hydrogens (tertiary/aromatic N) is 3. The third kappa shape index (κ3) is 4.37. The second kappa shape index (κ2) is 9.13. The monoisotopic (exact) mass is 440 g/mol. The highest BCUT2D eigenvalue weighted by atomic mass is 16.6. The average Bonchev–Trinajstić information content (AvgIpc) is 3.25. The van der Waals surface area contributed by atoms with Gasteiger partial charge < -0.3 is 14.5 Å². The minimum atomic E-state index is -0.0179. The summed E-state index contributed by atoms with van der Waals surface area (Å²) in [4.78, 5) is 10.4. The molecular formula is C27H28N4O2. The molecular weight excluding hydrogens is 412 g/mol. The summed E-state index contributed by atoms with van der Waals surface area (Å²) in [5.41, 5.74) is 4.97. The van der Waals surface area contributed by atoms with Crippen LogP contribution in [-0.4, -0.2) is 47.2 Å². The number of nitriles is 1. The Kier molecular flexibility index (Phi) is 5.89. The maximum Gasteiger partial charge on any atom is 0.171 e. The van der Waals surface area contributed by atoms with Crippen molar-refractivity contribution in [3.63, 3.8) is 0 Å². The summed E-state index contributed by atoms with van der Waals surface area (Å²) in [6.45, 7) is 7.48. The van der Waals surface area contributed by atoms with E-state index in [4.69, 9.17) is 9.47 Å². The van der Waals surface area contributed by atoms with Gasteiger partial charge in [0.05, 0.1) is 17.1 Å². The highest BCUT2D eigenvalue weighted by Crippen LogP contribution is 2.38. The van der Waals surface area contributed by atoms with Crippen LogP contribution < -0.4 is 9.47 Å². The van der Waals surface area contributed by atoms with Crippen molar-refractivity contribution in [3.8, 4) is 17.6 Å². The van der Waals surface area contributed by atoms with Gasteiger partial charge >= 0.3 is 0 Å². The smallest absolute Gasteiger partial charge is 0.171 e. The Morgan fingerprint density at radius 1 is 1.18 bits per heavy atom. The number of fused-ring (bicyclic) bond motifs is 4. The summed E-state index contributed by atoms with van der Waals surface area (Å²) < 4.78 is 12.5. The van der Waals surface area contributed by atoms with Gasteiger partial charge in [-0.15, -0.1) is 0 Å². The zero-order valence-electron chi connectivity index (χ0n) is 19.1. The van der Waals surface area contributed by atoms with Crippen LogP contribution in [0, 0.1) is 18.3 Å². The minimum Gasteiger partial charge on any atom is -0.486 e. The lowest BCUT2D eigenvalue weighted by Crippen LogP contribution is -2.41. The summed E-state index contributed by atoms with van der Waals surface area (Å²) in [6.07, 6.45) is 4.05. The number of benzene rings is 2. The second-order valence-corrected chi connectivity index (χ2v) is 8.65. The van der Waals surface area contributed by atoms with Crippen LogP contribution in [0.1, 0.15) is 30.2 Å². The topological polar surface area (TPSA) is 74.2 Å². The van der Waals surface area contributed by atoms with Crippen molar-refractivity contribution in [3.05, 3.63) is 65.5 Å². The number of aryl methyl sites for hydroxylation is 2. The second-order valence-electron chi connectivity index (χ2n) is 8.65. The van der Waals surface area contributed by atoms with E-state index in [0.29, 0.717) is 12.2 Å². The minimum absolute atomic E-state index is 0.0179. The van der Waals surface area contributed by atoms with Crippen LogP contribution in [0.4, 0.5) is 0 Å². The zero-order valence-corrected chi connectivity index (χ0v) is 19.1. The molecule has 1 aliphatic heterocycles. The summed E-state index contributed by atoms with van der Waals surface area (Å²) >= 11 is 0. The fourth-order valence-electron chi connectivity index (χ4n) is 4.58. The fraction of sp³-hybridized carbons (Fsp3) is 0.333. The summed E-state index contributed by atoms with van der Waals surface area (Å²) in [5, 5.41) is 11.3. The zero-order chi connectivity index (χ0) is 22.8. The van der Waals surface area contributed by atoms with Crippen molar-refractivity contribution in [1.29, 1.82) is 5.26 Å². The van der Waals surface area contributed by atoms with Gasteiger partial charge in [0.25, 0.3) is 0 Å². The molecule has 2 aromatic carbocycles. The molecule has 168 valence electrons. The van der Waals surface area contributed by atoms with Gasteiger partial charge in [0.15, 0.2) is 11.5 Å². The highest BCUT2D eigenvalue weighted by molar-refractivity contribution is 5.88. The highest BCUT2D eigenvalue weighted by Gasteiger charge is 2.25. The van der Waals surface area contributed by atoms with E-state index in [9.17, 15) is 5.26 Å². The first kappa shape index (κ1) is 21.3. The molecule has 0 amide bonds. The largest absolute Gasteiger partial charge is 0.486 e. The summed E-state index contributed by atoms with van der Waals surface area (Å²) in [5.74, 6) is 1.60. The molecule has 0 saturated carbocycles. The van der Waals surface area contributed by atoms with E-state index in [2.05, 4.69) is 40.1 Å². The number of aromatic amines is 1. The van der Waals surface area contributed by atoms with Gasteiger partial charge in [0.2, 0.25) is 0 Å². The first-order chi connectivity index (χ1) is 16.1. The van der Waals surface area contributed by atoms with E-state index in [1.165, 1.54) is 5.56 Å². The normalized spacial score (nSPS) is 15.3. The molecule has 33 heavy (non-hydrogen) atoms. The Labute approximate surface area is 193 Å². The Balaban J connectivity index is 1.22. The van der Waals surface area contributed by atoms with E-state index in [1.54, 1.807) is 0 Å². The molecule has 0 saturated heterocycles. The molecule has 2 aromatic heterocycles. The SMILES string of the molecule is CCN(CCCc1c[nH]c2ccc(C#N)cc12)CC1COc2ccc3nc(C)ccc3c2O1. The van der Waals surface area contributed by atoms with Crippen LogP contribution in [0.2, 0.25) is 0 Å². The van der Waals surface area contributed by atoms with Crippen molar-refractivity contribution < 1.29 is 9.47 Å². The number of hydrogen-bond acceptors (Lipinski definition) is 5. The standard InChI is InChI=1S/C27H28N4O2/c1-3-31(12-4-5-20-15-29-24-9-7-19(14-28)13-23(20)24)16-21-17-32-26-11-10-25-22(27(26)33-21)8-6-18(2)30-25/h6-11,13,15,21,29H,3-5,12,16-17H2,1-2H3. The molecule has 0 aliphatic carbocycles. The van der Waals surface area contributed by atoms with E-state index in [1.807, 2.05) is 43.3 Å². The molecule has 6 heteroatoms. The molecule has 4 aromatic rings. The van der Waals surface area contributed by atoms with E-state index >= 15 is 0 Å². The predicted octanol–water partition coefficient (Wildman–Crippen LogP) is 4.99. The van der Waals surface area contributed by atoms with Gasteiger partial charge in [0, 0.05) is 34.7 Å². The van der Waals surface area contributed by atoms with Crippen LogP contribution in [0.25, 0.3) is 21.8 Å². The third-order valence-corrected chi connectivity index (χ3v) is 6.36. The summed E-state index contributed by atoms with van der Waals surface area (Å²) in [6, 6.07) is 16.1. The molecule has 6 nitrogen and oxygen atoms in total. The van der Waals surface area contributed by atoms with Gasteiger partial charge in [-0.3, -0.25) is 9.88 Å². The summed E-state index contributed by atoms with van der Waals surface area (Å²) in [7, 11) is 0. The Morgan fingerprint density at radius 3 is 2.94 bits per heavy atom. The Morgan fingerprint density at radius 2 is 2.09 bits per heavy atom. The Bertz CT molecular complexity index is 1340. The van der Waals surface area contributed by atoms with E-state index in [0.717, 1.165) is 71.5 Å². The number of likely N-dealkylation sites (N-methyl/N-ethyl adjacent to an activating group) is 1. The first-order valence-electron chi connectivity index (χ1n) is 11.6. The Hall–Kier alpha value is -3.56. The van der Waals surface area contributed by atoms with Gasteiger partial charge in [-0.25, -0.2) is 0 Å². The van der Waals surface area contributed by atoms with Gasteiger partial charge in [-0.1, -0.05) is 6.92 Å². The van der Waals surface area contributed by atoms with Crippen LogP contribution in [0.3, 0.4) is 0 Å². The molecule has 0 bridgehead atoms. The molecule has 0 spiro atoms. The first-order valence-corrected chi connectivity index (χ1v) is 11.6. The van der Waals surface area contributed by atoms with Crippen LogP contribution in [0.5, 0.6) is 11.5 Å². The van der Waals surface area contributed by atoms with Crippen LogP contribution in [-0.2, 0) is 6.42 Å². The molecule has 0 fully saturated rings. The van der Waals surface area contributed by atoms with Crippen LogP contribution >= 0.6 is 0 Å². The number of hydrogen-bond donors (Lipinski definition) is 1. The van der Waals surface area contributed by atoms with Crippen molar-refractivity contribution in [2.75, 3.05) is 26.2 Å². The lowest BCUT2D eigenvalue weighted by atomic mass is 10.1. The molecule has 5 rings (SSSR count). The van der Waals surface area contributed by atoms with E-state index in [-0.39, 0.29) is 6.10 Å². The molecule has 3 heterocycles. The van der Waals surface area contributed by atoms with Gasteiger partial charge in [-0.05, 0) is 80.9 Å². The molecule has 1 atom stereocenters. The molecule has 1 unspecified atom stereocenters. The van der Waals surface area contributed by atoms with Crippen LogP contribution in [0.15, 0.2) is 48.7 Å². The number of nitrogens with one attached hydrogen (secondary N) is 1. The maximum absolute atomic E-state index is 9.20. The van der Waals surface area contributed by atoms with Crippen molar-refractivity contribution in [2.45, 2.75) is 32.8 Å². The number of aromatic nitrogens is 2. The predicted molar refractivity (Wildman–Crippen MR) is 130 cm³/mol. The lowest BCUT2D eigenvalue weighted by molar-refractivity contribution is 0.0614. The fourth-order valence-corrected chi connectivity index (χ4v) is 4.58. The average molecular weight is 441 g/mol. The molecule has 0 radical (unpaired) electrons. The third-order valence-electron chi connectivity index (χ3n) is 6.36. The van der Waals surface area contributed by atoms with E-state index < -0.39 is 0 Å². The van der Waals surface area contributed by atoms with Crippen molar-refractivity contribution >= 4 is 21.8 Å². The molecule has 1 aliphatic rings. The number of rotatable bonds is 7.